The number of nitrogens with zero attached hydrogens (tertiary/aromatic N) is 1. The third kappa shape index (κ3) is 5.79. The van der Waals surface area contributed by atoms with Crippen LogP contribution in [-0.2, 0) is 0 Å². The maximum atomic E-state index is 9.72. The van der Waals surface area contributed by atoms with Gasteiger partial charge in [0.05, 0.1) is 11.5 Å². The van der Waals surface area contributed by atoms with Crippen LogP contribution in [0.4, 0.5) is 0 Å². The summed E-state index contributed by atoms with van der Waals surface area (Å²) in [5.41, 5.74) is 0.0447. The van der Waals surface area contributed by atoms with Crippen LogP contribution in [0.15, 0.2) is 0 Å². The van der Waals surface area contributed by atoms with Gasteiger partial charge in [-0.3, -0.25) is 0 Å². The quantitative estimate of drug-likeness (QED) is 0.398. The van der Waals surface area contributed by atoms with Gasteiger partial charge in [0.25, 0.3) is 0 Å². The Labute approximate surface area is 151 Å². The van der Waals surface area contributed by atoms with Gasteiger partial charge in [-0.15, -0.1) is 0 Å². The van der Waals surface area contributed by atoms with E-state index in [2.05, 4.69) is 19.9 Å². The summed E-state index contributed by atoms with van der Waals surface area (Å²) in [6, 6.07) is 2.74. The van der Waals surface area contributed by atoms with E-state index < -0.39 is 0 Å². The van der Waals surface area contributed by atoms with E-state index in [0.717, 1.165) is 24.2 Å². The predicted octanol–water partition coefficient (Wildman–Crippen LogP) is 7.65. The Morgan fingerprint density at radius 2 is 1.38 bits per heavy atom. The number of nitriles is 1. The maximum Gasteiger partial charge on any atom is 0.0689 e. The highest BCUT2D eigenvalue weighted by molar-refractivity contribution is 5.02. The van der Waals surface area contributed by atoms with Crippen molar-refractivity contribution in [1.29, 1.82) is 5.26 Å². The molecule has 0 bridgehead atoms. The maximum absolute atomic E-state index is 9.72. The molecule has 2 aliphatic rings. The topological polar surface area (TPSA) is 23.8 Å². The zero-order valence-corrected chi connectivity index (χ0v) is 16.5. The third-order valence-corrected chi connectivity index (χ3v) is 7.26. The fourth-order valence-electron chi connectivity index (χ4n) is 5.43. The van der Waals surface area contributed by atoms with Gasteiger partial charge in [-0.05, 0) is 62.7 Å². The summed E-state index contributed by atoms with van der Waals surface area (Å²) in [4.78, 5) is 0. The molecule has 0 aliphatic heterocycles. The van der Waals surface area contributed by atoms with E-state index in [1.807, 2.05) is 0 Å². The smallest absolute Gasteiger partial charge is 0.0689 e. The first-order chi connectivity index (χ1) is 11.7. The van der Waals surface area contributed by atoms with Crippen molar-refractivity contribution in [2.24, 2.45) is 23.2 Å². The van der Waals surface area contributed by atoms with Crippen LogP contribution in [-0.4, -0.2) is 0 Å². The molecule has 0 unspecified atom stereocenters. The number of hydrogen-bond donors (Lipinski definition) is 0. The molecule has 2 fully saturated rings. The largest absolute Gasteiger partial charge is 0.198 e. The van der Waals surface area contributed by atoms with Gasteiger partial charge in [-0.25, -0.2) is 0 Å². The third-order valence-electron chi connectivity index (χ3n) is 7.26. The van der Waals surface area contributed by atoms with E-state index >= 15 is 0 Å². The summed E-state index contributed by atoms with van der Waals surface area (Å²) in [5, 5.41) is 9.72. The summed E-state index contributed by atoms with van der Waals surface area (Å²) in [6.45, 7) is 4.57. The second kappa shape index (κ2) is 10.5. The van der Waals surface area contributed by atoms with Crippen molar-refractivity contribution in [3.8, 4) is 6.07 Å². The van der Waals surface area contributed by atoms with Crippen molar-refractivity contribution in [3.05, 3.63) is 0 Å². The van der Waals surface area contributed by atoms with Gasteiger partial charge >= 0.3 is 0 Å². The highest BCUT2D eigenvalue weighted by Gasteiger charge is 2.38. The molecule has 0 aromatic carbocycles. The molecule has 0 aromatic heterocycles. The van der Waals surface area contributed by atoms with Crippen LogP contribution in [0.1, 0.15) is 117 Å². The summed E-state index contributed by atoms with van der Waals surface area (Å²) >= 11 is 0. The lowest BCUT2D eigenvalue weighted by Gasteiger charge is -2.41. The minimum Gasteiger partial charge on any atom is -0.198 e. The summed E-state index contributed by atoms with van der Waals surface area (Å²) in [5.74, 6) is 2.96. The van der Waals surface area contributed by atoms with E-state index in [9.17, 15) is 5.26 Å². The van der Waals surface area contributed by atoms with Crippen LogP contribution >= 0.6 is 0 Å². The van der Waals surface area contributed by atoms with Crippen LogP contribution in [0.2, 0.25) is 0 Å². The molecular weight excluding hydrogens is 290 g/mol. The second-order valence-corrected chi connectivity index (χ2v) is 8.96. The average molecular weight is 332 g/mol. The highest BCUT2D eigenvalue weighted by atomic mass is 14.4. The molecule has 0 amide bonds. The second-order valence-electron chi connectivity index (χ2n) is 8.96. The molecule has 0 atom stereocenters. The minimum absolute atomic E-state index is 0.0447. The molecule has 0 spiro atoms. The summed E-state index contributed by atoms with van der Waals surface area (Å²) in [6.07, 6.45) is 21.7. The molecule has 0 heterocycles. The molecule has 24 heavy (non-hydrogen) atoms. The Kier molecular flexibility index (Phi) is 8.65. The first-order valence-corrected chi connectivity index (χ1v) is 11.1. The Morgan fingerprint density at radius 1 is 0.792 bits per heavy atom. The first kappa shape index (κ1) is 19.8. The standard InChI is InChI=1S/C23H41N/c1-3-5-7-9-20-10-12-21(13-11-20)22-14-17-23(19-24,18-15-22)16-8-6-4-2/h20-22H,3-18H2,1-2H3/t20?,21?,22-,23+. The van der Waals surface area contributed by atoms with Gasteiger partial charge < -0.3 is 0 Å². The molecule has 1 heteroatoms. The SMILES string of the molecule is CCCCCC1CCC([C@H]2CC[C@](C#N)(CCCCC)CC2)CC1. The monoisotopic (exact) mass is 331 g/mol. The van der Waals surface area contributed by atoms with Crippen LogP contribution in [0.5, 0.6) is 0 Å². The summed E-state index contributed by atoms with van der Waals surface area (Å²) in [7, 11) is 0. The van der Waals surface area contributed by atoms with E-state index in [4.69, 9.17) is 0 Å². The Balaban J connectivity index is 1.70. The molecule has 2 rings (SSSR count). The zero-order valence-electron chi connectivity index (χ0n) is 16.5. The van der Waals surface area contributed by atoms with Crippen molar-refractivity contribution < 1.29 is 0 Å². The summed E-state index contributed by atoms with van der Waals surface area (Å²) < 4.78 is 0. The lowest BCUT2D eigenvalue weighted by molar-refractivity contribution is 0.114. The fraction of sp³-hybridized carbons (Fsp3) is 0.957. The number of hydrogen-bond acceptors (Lipinski definition) is 1. The molecule has 0 saturated heterocycles. The van der Waals surface area contributed by atoms with Crippen LogP contribution in [0, 0.1) is 34.5 Å². The number of rotatable bonds is 9. The molecule has 0 radical (unpaired) electrons. The van der Waals surface area contributed by atoms with Gasteiger partial charge in [0.2, 0.25) is 0 Å². The number of unbranched alkanes of at least 4 members (excludes halogenated alkanes) is 4. The average Bonchev–Trinajstić information content (AvgIpc) is 2.63. The van der Waals surface area contributed by atoms with Gasteiger partial charge in [0, 0.05) is 0 Å². The molecule has 0 aromatic rings. The van der Waals surface area contributed by atoms with Gasteiger partial charge in [0.1, 0.15) is 0 Å². The normalized spacial score (nSPS) is 34.0. The van der Waals surface area contributed by atoms with Crippen LogP contribution in [0.25, 0.3) is 0 Å². The molecule has 0 N–H and O–H groups in total. The fourth-order valence-corrected chi connectivity index (χ4v) is 5.43. The minimum atomic E-state index is 0.0447. The molecule has 1 nitrogen and oxygen atoms in total. The Morgan fingerprint density at radius 3 is 1.96 bits per heavy atom. The highest BCUT2D eigenvalue weighted by Crippen LogP contribution is 2.47. The van der Waals surface area contributed by atoms with Crippen LogP contribution < -0.4 is 0 Å². The van der Waals surface area contributed by atoms with Crippen molar-refractivity contribution in [1.82, 2.24) is 0 Å². The molecular formula is C23H41N. The van der Waals surface area contributed by atoms with E-state index in [1.165, 1.54) is 96.3 Å². The van der Waals surface area contributed by atoms with Crippen molar-refractivity contribution in [2.75, 3.05) is 0 Å². The van der Waals surface area contributed by atoms with E-state index in [1.54, 1.807) is 0 Å². The van der Waals surface area contributed by atoms with E-state index in [0.29, 0.717) is 0 Å². The van der Waals surface area contributed by atoms with E-state index in [-0.39, 0.29) is 5.41 Å². The Bertz CT molecular complexity index is 364. The Hall–Kier alpha value is -0.510. The van der Waals surface area contributed by atoms with Crippen molar-refractivity contribution in [2.45, 2.75) is 117 Å². The molecule has 2 saturated carbocycles. The lowest BCUT2D eigenvalue weighted by atomic mass is 9.63. The lowest BCUT2D eigenvalue weighted by Crippen LogP contribution is -2.31. The zero-order chi connectivity index (χ0) is 17.3. The molecule has 138 valence electrons. The van der Waals surface area contributed by atoms with Gasteiger partial charge in [-0.2, -0.15) is 5.26 Å². The van der Waals surface area contributed by atoms with Gasteiger partial charge in [0.15, 0.2) is 0 Å². The van der Waals surface area contributed by atoms with Crippen molar-refractivity contribution in [3.63, 3.8) is 0 Å². The van der Waals surface area contributed by atoms with Crippen LogP contribution in [0.3, 0.4) is 0 Å². The molecule has 2 aliphatic carbocycles. The van der Waals surface area contributed by atoms with Crippen molar-refractivity contribution >= 4 is 0 Å². The first-order valence-electron chi connectivity index (χ1n) is 11.1. The predicted molar refractivity (Wildman–Crippen MR) is 104 cm³/mol. The van der Waals surface area contributed by atoms with Gasteiger partial charge in [-0.1, -0.05) is 71.6 Å².